The molecule has 1 aliphatic rings. The van der Waals surface area contributed by atoms with E-state index in [1.165, 1.54) is 5.56 Å². The van der Waals surface area contributed by atoms with Crippen molar-refractivity contribution in [2.45, 2.75) is 34.6 Å². The maximum absolute atomic E-state index is 12.3. The van der Waals surface area contributed by atoms with Crippen LogP contribution in [0, 0.1) is 19.3 Å². The first-order chi connectivity index (χ1) is 11.2. The molecule has 0 radical (unpaired) electrons. The van der Waals surface area contributed by atoms with Crippen LogP contribution in [0.15, 0.2) is 18.2 Å². The van der Waals surface area contributed by atoms with Crippen LogP contribution in [0.2, 0.25) is 0 Å². The van der Waals surface area contributed by atoms with Crippen molar-refractivity contribution in [2.75, 3.05) is 32.8 Å². The minimum Gasteiger partial charge on any atom is -0.484 e. The van der Waals surface area contributed by atoms with Gasteiger partial charge in [-0.3, -0.25) is 9.59 Å². The fourth-order valence-corrected chi connectivity index (χ4v) is 2.83. The SMILES string of the molecule is Cc1ccc(OCC(=O)N2CCN(C(=O)C(C)(C)C)CC2)c(C)c1. The highest BCUT2D eigenvalue weighted by Crippen LogP contribution is 2.20. The lowest BCUT2D eigenvalue weighted by Gasteiger charge is -2.37. The Balaban J connectivity index is 1.84. The maximum Gasteiger partial charge on any atom is 0.260 e. The highest BCUT2D eigenvalue weighted by atomic mass is 16.5. The summed E-state index contributed by atoms with van der Waals surface area (Å²) < 4.78 is 5.66. The Morgan fingerprint density at radius 2 is 1.62 bits per heavy atom. The average molecular weight is 332 g/mol. The number of benzene rings is 1. The van der Waals surface area contributed by atoms with Crippen molar-refractivity contribution in [2.24, 2.45) is 5.41 Å². The number of hydrogen-bond acceptors (Lipinski definition) is 3. The topological polar surface area (TPSA) is 49.9 Å². The minimum absolute atomic E-state index is 0.0298. The van der Waals surface area contributed by atoms with E-state index in [2.05, 4.69) is 0 Å². The van der Waals surface area contributed by atoms with Gasteiger partial charge in [-0.2, -0.15) is 0 Å². The number of rotatable bonds is 3. The molecule has 1 heterocycles. The lowest BCUT2D eigenvalue weighted by molar-refractivity contribution is -0.145. The van der Waals surface area contributed by atoms with Gasteiger partial charge >= 0.3 is 0 Å². The van der Waals surface area contributed by atoms with Gasteiger partial charge in [0.2, 0.25) is 5.91 Å². The monoisotopic (exact) mass is 332 g/mol. The Hall–Kier alpha value is -2.04. The zero-order valence-corrected chi connectivity index (χ0v) is 15.4. The van der Waals surface area contributed by atoms with Crippen LogP contribution in [0.4, 0.5) is 0 Å². The third-order valence-electron chi connectivity index (χ3n) is 4.24. The number of carbonyl (C=O) groups excluding carboxylic acids is 2. The Morgan fingerprint density at radius 3 is 2.17 bits per heavy atom. The Labute approximate surface area is 144 Å². The van der Waals surface area contributed by atoms with Gasteiger partial charge in [-0.1, -0.05) is 38.5 Å². The van der Waals surface area contributed by atoms with Crippen LogP contribution in [0.1, 0.15) is 31.9 Å². The molecular weight excluding hydrogens is 304 g/mol. The van der Waals surface area contributed by atoms with Crippen molar-refractivity contribution in [3.05, 3.63) is 29.3 Å². The first kappa shape index (κ1) is 18.3. The summed E-state index contributed by atoms with van der Waals surface area (Å²) in [5.41, 5.74) is 1.83. The van der Waals surface area contributed by atoms with Crippen molar-refractivity contribution >= 4 is 11.8 Å². The van der Waals surface area contributed by atoms with E-state index in [0.717, 1.165) is 11.3 Å². The van der Waals surface area contributed by atoms with E-state index in [-0.39, 0.29) is 23.8 Å². The molecule has 0 atom stereocenters. The van der Waals surface area contributed by atoms with Gasteiger partial charge in [-0.05, 0) is 25.5 Å². The lowest BCUT2D eigenvalue weighted by Crippen LogP contribution is -2.53. The van der Waals surface area contributed by atoms with Crippen LogP contribution in [0.25, 0.3) is 0 Å². The number of hydrogen-bond donors (Lipinski definition) is 0. The summed E-state index contributed by atoms with van der Waals surface area (Å²) in [5, 5.41) is 0. The summed E-state index contributed by atoms with van der Waals surface area (Å²) in [5.74, 6) is 0.856. The molecule has 5 nitrogen and oxygen atoms in total. The second kappa shape index (κ2) is 7.24. The van der Waals surface area contributed by atoms with Gasteiger partial charge in [0, 0.05) is 31.6 Å². The molecule has 1 aliphatic heterocycles. The summed E-state index contributed by atoms with van der Waals surface area (Å²) in [6, 6.07) is 5.91. The van der Waals surface area contributed by atoms with Crippen molar-refractivity contribution in [3.63, 3.8) is 0 Å². The molecule has 1 saturated heterocycles. The van der Waals surface area contributed by atoms with Crippen LogP contribution < -0.4 is 4.74 Å². The van der Waals surface area contributed by atoms with Crippen molar-refractivity contribution in [1.82, 2.24) is 9.80 Å². The molecule has 0 spiro atoms. The second-order valence-electron chi connectivity index (χ2n) is 7.48. The average Bonchev–Trinajstić information content (AvgIpc) is 2.52. The van der Waals surface area contributed by atoms with Gasteiger partial charge < -0.3 is 14.5 Å². The number of aryl methyl sites for hydroxylation is 2. The number of ether oxygens (including phenoxy) is 1. The summed E-state index contributed by atoms with van der Waals surface area (Å²) in [7, 11) is 0. The Bertz CT molecular complexity index is 612. The molecule has 1 aromatic carbocycles. The van der Waals surface area contributed by atoms with Gasteiger partial charge in [0.1, 0.15) is 5.75 Å². The van der Waals surface area contributed by atoms with Crippen LogP contribution in [0.3, 0.4) is 0 Å². The fraction of sp³-hybridized carbons (Fsp3) is 0.579. The zero-order chi connectivity index (χ0) is 17.9. The lowest BCUT2D eigenvalue weighted by atomic mass is 9.94. The van der Waals surface area contributed by atoms with E-state index in [1.54, 1.807) is 4.90 Å². The predicted octanol–water partition coefficient (Wildman–Crippen LogP) is 2.40. The highest BCUT2D eigenvalue weighted by Gasteiger charge is 2.30. The van der Waals surface area contributed by atoms with Gasteiger partial charge in [0.05, 0.1) is 0 Å². The molecule has 0 saturated carbocycles. The molecule has 24 heavy (non-hydrogen) atoms. The largest absolute Gasteiger partial charge is 0.484 e. The van der Waals surface area contributed by atoms with E-state index < -0.39 is 0 Å². The predicted molar refractivity (Wildman–Crippen MR) is 94.0 cm³/mol. The summed E-state index contributed by atoms with van der Waals surface area (Å²) >= 11 is 0. The van der Waals surface area contributed by atoms with E-state index in [1.807, 2.05) is 57.7 Å². The van der Waals surface area contributed by atoms with Crippen molar-refractivity contribution in [1.29, 1.82) is 0 Å². The Kier molecular flexibility index (Phi) is 5.52. The summed E-state index contributed by atoms with van der Waals surface area (Å²) in [6.45, 7) is 12.1. The summed E-state index contributed by atoms with van der Waals surface area (Å²) in [6.07, 6.45) is 0. The minimum atomic E-state index is -0.377. The molecule has 0 bridgehead atoms. The van der Waals surface area contributed by atoms with Gasteiger partial charge in [-0.25, -0.2) is 0 Å². The third-order valence-corrected chi connectivity index (χ3v) is 4.24. The molecule has 2 amide bonds. The standard InChI is InChI=1S/C19H28N2O3/c1-14-6-7-16(15(2)12-14)24-13-17(22)20-8-10-21(11-9-20)18(23)19(3,4)5/h6-7,12H,8-11,13H2,1-5H3. The molecule has 0 aliphatic carbocycles. The normalized spacial score (nSPS) is 15.4. The molecule has 132 valence electrons. The highest BCUT2D eigenvalue weighted by molar-refractivity contribution is 5.82. The third kappa shape index (κ3) is 4.49. The van der Waals surface area contributed by atoms with Gasteiger partial charge in [0.15, 0.2) is 6.61 Å². The second-order valence-corrected chi connectivity index (χ2v) is 7.48. The van der Waals surface area contributed by atoms with Crippen LogP contribution in [0.5, 0.6) is 5.75 Å². The smallest absolute Gasteiger partial charge is 0.260 e. The number of amides is 2. The van der Waals surface area contributed by atoms with E-state index in [9.17, 15) is 9.59 Å². The molecule has 1 fully saturated rings. The first-order valence-corrected chi connectivity index (χ1v) is 8.45. The van der Waals surface area contributed by atoms with Crippen LogP contribution >= 0.6 is 0 Å². The fourth-order valence-electron chi connectivity index (χ4n) is 2.83. The molecule has 5 heteroatoms. The van der Waals surface area contributed by atoms with E-state index in [0.29, 0.717) is 26.2 Å². The quantitative estimate of drug-likeness (QED) is 0.854. The van der Waals surface area contributed by atoms with Crippen LogP contribution in [-0.4, -0.2) is 54.4 Å². The number of carbonyl (C=O) groups is 2. The number of piperazine rings is 1. The zero-order valence-electron chi connectivity index (χ0n) is 15.4. The molecular formula is C19H28N2O3. The molecule has 0 N–H and O–H groups in total. The number of nitrogens with zero attached hydrogens (tertiary/aromatic N) is 2. The maximum atomic E-state index is 12.3. The van der Waals surface area contributed by atoms with Crippen molar-refractivity contribution < 1.29 is 14.3 Å². The van der Waals surface area contributed by atoms with Crippen molar-refractivity contribution in [3.8, 4) is 5.75 Å². The van der Waals surface area contributed by atoms with E-state index >= 15 is 0 Å². The molecule has 2 rings (SSSR count). The van der Waals surface area contributed by atoms with E-state index in [4.69, 9.17) is 4.74 Å². The molecule has 0 aromatic heterocycles. The first-order valence-electron chi connectivity index (χ1n) is 8.45. The molecule has 1 aromatic rings. The summed E-state index contributed by atoms with van der Waals surface area (Å²) in [4.78, 5) is 28.2. The Morgan fingerprint density at radius 1 is 1.04 bits per heavy atom. The molecule has 0 unspecified atom stereocenters. The van der Waals surface area contributed by atoms with Gasteiger partial charge in [0.25, 0.3) is 5.91 Å². The van der Waals surface area contributed by atoms with Gasteiger partial charge in [-0.15, -0.1) is 0 Å². The van der Waals surface area contributed by atoms with Crippen LogP contribution in [-0.2, 0) is 9.59 Å².